The Morgan fingerprint density at radius 3 is 1.47 bits per heavy atom. The van der Waals surface area contributed by atoms with E-state index in [1.807, 2.05) is 6.08 Å². The van der Waals surface area contributed by atoms with Crippen LogP contribution in [0.15, 0.2) is 109 Å². The summed E-state index contributed by atoms with van der Waals surface area (Å²) in [5.41, 5.74) is 0. The molecule has 0 radical (unpaired) electrons. The van der Waals surface area contributed by atoms with Crippen LogP contribution in [-0.2, 0) is 23.7 Å². The fourth-order valence-electron chi connectivity index (χ4n) is 8.58. The van der Waals surface area contributed by atoms with Gasteiger partial charge in [0, 0.05) is 6.42 Å². The van der Waals surface area contributed by atoms with E-state index >= 15 is 0 Å². The van der Waals surface area contributed by atoms with Crippen LogP contribution in [0, 0.1) is 0 Å². The number of nitrogens with one attached hydrogen (secondary N) is 1. The van der Waals surface area contributed by atoms with Gasteiger partial charge in [0.05, 0.1) is 32.0 Å². The van der Waals surface area contributed by atoms with Gasteiger partial charge in [0.25, 0.3) is 0 Å². The molecule has 0 aliphatic carbocycles. The van der Waals surface area contributed by atoms with E-state index in [1.165, 1.54) is 51.4 Å². The Hall–Kier alpha value is -3.35. The zero-order chi connectivity index (χ0) is 54.6. The zero-order valence-electron chi connectivity index (χ0n) is 45.7. The molecule has 2 rings (SSSR count). The van der Waals surface area contributed by atoms with E-state index in [1.54, 1.807) is 6.08 Å². The molecule has 2 saturated heterocycles. The molecule has 9 N–H and O–H groups in total. The molecular weight excluding hydrogens is 955 g/mol. The molecule has 2 aliphatic rings. The van der Waals surface area contributed by atoms with Crippen LogP contribution in [-0.4, -0.2) is 140 Å². The average Bonchev–Trinajstić information content (AvgIpc) is 3.41. The lowest BCUT2D eigenvalue weighted by molar-refractivity contribution is -0.359. The maximum absolute atomic E-state index is 13.2. The van der Waals surface area contributed by atoms with Crippen molar-refractivity contribution < 1.29 is 64.6 Å². The van der Waals surface area contributed by atoms with Gasteiger partial charge in [0.15, 0.2) is 12.6 Å². The van der Waals surface area contributed by atoms with Crippen LogP contribution >= 0.6 is 0 Å². The summed E-state index contributed by atoms with van der Waals surface area (Å²) in [5, 5.41) is 86.7. The van der Waals surface area contributed by atoms with Crippen molar-refractivity contribution in [2.45, 2.75) is 248 Å². The number of hydrogen-bond donors (Lipinski definition) is 9. The van der Waals surface area contributed by atoms with E-state index in [0.29, 0.717) is 12.8 Å². The Morgan fingerprint density at radius 2 is 0.933 bits per heavy atom. The number of rotatable bonds is 43. The highest BCUT2D eigenvalue weighted by molar-refractivity contribution is 5.76. The molecule has 2 fully saturated rings. The van der Waals surface area contributed by atoms with Crippen LogP contribution in [0.3, 0.4) is 0 Å². The number of aliphatic hydroxyl groups excluding tert-OH is 8. The van der Waals surface area contributed by atoms with Gasteiger partial charge < -0.3 is 65.1 Å². The second-order valence-electron chi connectivity index (χ2n) is 19.7. The van der Waals surface area contributed by atoms with Crippen LogP contribution in [0.5, 0.6) is 0 Å². The maximum atomic E-state index is 13.2. The zero-order valence-corrected chi connectivity index (χ0v) is 45.7. The van der Waals surface area contributed by atoms with E-state index in [2.05, 4.69) is 116 Å². The fraction of sp³-hybridized carbons (Fsp3) is 0.689. The third-order valence-electron chi connectivity index (χ3n) is 13.2. The molecule has 14 heteroatoms. The molecule has 0 aromatic carbocycles. The normalized spacial score (nSPS) is 25.9. The smallest absolute Gasteiger partial charge is 0.220 e. The topological polar surface area (TPSA) is 228 Å². The fourth-order valence-corrected chi connectivity index (χ4v) is 8.58. The number of amides is 1. The lowest BCUT2D eigenvalue weighted by Gasteiger charge is -2.46. The van der Waals surface area contributed by atoms with E-state index < -0.39 is 86.8 Å². The van der Waals surface area contributed by atoms with Crippen LogP contribution in [0.4, 0.5) is 0 Å². The highest BCUT2D eigenvalue weighted by Crippen LogP contribution is 2.30. The Kier molecular flexibility index (Phi) is 41.2. The standard InChI is InChI=1S/C61H101NO13/c1-3-5-7-9-11-13-15-16-17-18-19-20-21-22-23-24-25-26-27-28-29-30-31-32-33-34-35-37-39-41-43-45-53(66)62-49(50(65)44-42-40-38-36-14-12-10-8-6-4-2)48-72-60-58(71)56(69)59(52(47-64)74-60)75-61-57(70)55(68)54(67)51(46-63)73-61/h5,7,11,13-14,16-17,19-20,22-23,25-26,28-29,36,42,44,49-52,54-61,63-65,67-71H,3-4,6,8-10,12,15,18,21,24,27,30-35,37-41,43,45-48H2,1-2H3,(H,62,66)/b7-5-,13-11-,17-16-,20-19-,23-22-,26-25-,29-28-,36-14+,44-42+. The van der Waals surface area contributed by atoms with Crippen molar-refractivity contribution in [3.63, 3.8) is 0 Å². The minimum absolute atomic E-state index is 0.258. The third-order valence-corrected chi connectivity index (χ3v) is 13.2. The van der Waals surface area contributed by atoms with Crippen LogP contribution < -0.4 is 5.32 Å². The minimum Gasteiger partial charge on any atom is -0.394 e. The molecule has 2 heterocycles. The van der Waals surface area contributed by atoms with Crippen LogP contribution in [0.1, 0.15) is 174 Å². The van der Waals surface area contributed by atoms with E-state index in [9.17, 15) is 45.6 Å². The molecule has 75 heavy (non-hydrogen) atoms. The Bertz CT molecular complexity index is 1670. The second-order valence-corrected chi connectivity index (χ2v) is 19.7. The quantitative estimate of drug-likeness (QED) is 0.0205. The lowest BCUT2D eigenvalue weighted by atomic mass is 9.97. The molecular formula is C61H101NO13. The van der Waals surface area contributed by atoms with E-state index in [0.717, 1.165) is 89.9 Å². The van der Waals surface area contributed by atoms with Gasteiger partial charge in [-0.15, -0.1) is 0 Å². The van der Waals surface area contributed by atoms with Gasteiger partial charge in [0.2, 0.25) is 5.91 Å². The van der Waals surface area contributed by atoms with Crippen molar-refractivity contribution in [1.82, 2.24) is 5.32 Å². The predicted octanol–water partition coefficient (Wildman–Crippen LogP) is 9.27. The van der Waals surface area contributed by atoms with Crippen molar-refractivity contribution >= 4 is 5.91 Å². The van der Waals surface area contributed by atoms with Crippen molar-refractivity contribution in [1.29, 1.82) is 0 Å². The largest absolute Gasteiger partial charge is 0.394 e. The first-order valence-electron chi connectivity index (χ1n) is 28.6. The highest BCUT2D eigenvalue weighted by atomic mass is 16.7. The molecule has 0 saturated carbocycles. The average molecular weight is 1060 g/mol. The summed E-state index contributed by atoms with van der Waals surface area (Å²) < 4.78 is 22.7. The first kappa shape index (κ1) is 67.8. The first-order valence-corrected chi connectivity index (χ1v) is 28.6. The van der Waals surface area contributed by atoms with Gasteiger partial charge >= 0.3 is 0 Å². The molecule has 0 aromatic heterocycles. The number of carbonyl (C=O) groups is 1. The summed E-state index contributed by atoms with van der Waals surface area (Å²) in [4.78, 5) is 13.2. The Morgan fingerprint density at radius 1 is 0.493 bits per heavy atom. The number of aliphatic hydroxyl groups is 8. The predicted molar refractivity (Wildman–Crippen MR) is 299 cm³/mol. The molecule has 0 spiro atoms. The van der Waals surface area contributed by atoms with Gasteiger partial charge in [-0.3, -0.25) is 4.79 Å². The monoisotopic (exact) mass is 1060 g/mol. The number of allylic oxidation sites excluding steroid dienone is 17. The van der Waals surface area contributed by atoms with E-state index in [-0.39, 0.29) is 18.9 Å². The molecule has 428 valence electrons. The second kappa shape index (κ2) is 45.6. The van der Waals surface area contributed by atoms with Gasteiger partial charge in [-0.2, -0.15) is 0 Å². The Labute approximate surface area is 451 Å². The van der Waals surface area contributed by atoms with Crippen molar-refractivity contribution in [3.05, 3.63) is 109 Å². The first-order chi connectivity index (χ1) is 36.6. The lowest BCUT2D eigenvalue weighted by Crippen LogP contribution is -2.65. The summed E-state index contributed by atoms with van der Waals surface area (Å²) in [6.07, 6.45) is 47.2. The summed E-state index contributed by atoms with van der Waals surface area (Å²) in [5.74, 6) is -0.264. The molecule has 0 bridgehead atoms. The Balaban J connectivity index is 1.69. The maximum Gasteiger partial charge on any atom is 0.220 e. The third kappa shape index (κ3) is 31.6. The number of carbonyl (C=O) groups excluding carboxylic acids is 1. The highest BCUT2D eigenvalue weighted by Gasteiger charge is 2.51. The number of ether oxygens (including phenoxy) is 4. The van der Waals surface area contributed by atoms with Gasteiger partial charge in [-0.05, 0) is 89.9 Å². The summed E-state index contributed by atoms with van der Waals surface area (Å²) in [6, 6.07) is -0.940. The number of unbranched alkanes of at least 4 members (excludes halogenated alkanes) is 14. The van der Waals surface area contributed by atoms with Gasteiger partial charge in [-0.25, -0.2) is 0 Å². The van der Waals surface area contributed by atoms with Crippen molar-refractivity contribution in [2.24, 2.45) is 0 Å². The van der Waals surface area contributed by atoms with Gasteiger partial charge in [-0.1, -0.05) is 187 Å². The molecule has 2 aliphatic heterocycles. The molecule has 12 unspecified atom stereocenters. The summed E-state index contributed by atoms with van der Waals surface area (Å²) in [6.45, 7) is 2.59. The molecule has 14 nitrogen and oxygen atoms in total. The number of hydrogen-bond acceptors (Lipinski definition) is 13. The van der Waals surface area contributed by atoms with Crippen LogP contribution in [0.25, 0.3) is 0 Å². The summed E-state index contributed by atoms with van der Waals surface area (Å²) >= 11 is 0. The van der Waals surface area contributed by atoms with Crippen molar-refractivity contribution in [3.8, 4) is 0 Å². The van der Waals surface area contributed by atoms with Crippen molar-refractivity contribution in [2.75, 3.05) is 19.8 Å². The minimum atomic E-state index is -1.80. The summed E-state index contributed by atoms with van der Waals surface area (Å²) in [7, 11) is 0. The van der Waals surface area contributed by atoms with Crippen LogP contribution in [0.2, 0.25) is 0 Å². The molecule has 12 atom stereocenters. The van der Waals surface area contributed by atoms with Gasteiger partial charge in [0.1, 0.15) is 48.8 Å². The molecule has 0 aromatic rings. The SMILES string of the molecule is CC/C=C\C/C=C\C/C=C\C/C=C\C/C=C\C/C=C\C/C=C\CCCCCCCCCCCC(=O)NC(COC1OC(CO)C(OC2OC(CO)C(O)C(O)C2O)C(O)C1O)C(O)/C=C/CC/C=C/CCCCCC. The molecule has 1 amide bonds. The van der Waals surface area contributed by atoms with E-state index in [4.69, 9.17) is 18.9 Å².